The van der Waals surface area contributed by atoms with Gasteiger partial charge in [0.15, 0.2) is 0 Å². The molecule has 0 aliphatic carbocycles. The molecule has 31 heavy (non-hydrogen) atoms. The monoisotopic (exact) mass is 428 g/mol. The van der Waals surface area contributed by atoms with Gasteiger partial charge in [0, 0.05) is 23.0 Å². The van der Waals surface area contributed by atoms with Gasteiger partial charge in [0.05, 0.1) is 23.0 Å². The van der Waals surface area contributed by atoms with Crippen LogP contribution in [0.5, 0.6) is 11.5 Å². The molecular weight excluding hydrogens is 408 g/mol. The Labute approximate surface area is 182 Å². The van der Waals surface area contributed by atoms with E-state index in [-0.39, 0.29) is 5.91 Å². The minimum absolute atomic E-state index is 0.255. The van der Waals surface area contributed by atoms with Crippen LogP contribution in [-0.4, -0.2) is 20.9 Å². The fraction of sp³-hybridized carbons (Fsp3) is 0.125. The predicted molar refractivity (Wildman–Crippen MR) is 123 cm³/mol. The quantitative estimate of drug-likeness (QED) is 0.387. The Balaban J connectivity index is 1.38. The Morgan fingerprint density at radius 2 is 2.03 bits per heavy atom. The molecule has 4 aromatic heterocycles. The summed E-state index contributed by atoms with van der Waals surface area (Å²) in [6.07, 6.45) is 1.67. The number of nitrogens with one attached hydrogen (secondary N) is 2. The van der Waals surface area contributed by atoms with Crippen molar-refractivity contribution in [3.63, 3.8) is 0 Å². The summed E-state index contributed by atoms with van der Waals surface area (Å²) in [5.74, 6) is 0.956. The van der Waals surface area contributed by atoms with Gasteiger partial charge < -0.3 is 15.0 Å². The van der Waals surface area contributed by atoms with Gasteiger partial charge in [-0.25, -0.2) is 4.98 Å². The molecule has 5 rings (SSSR count). The van der Waals surface area contributed by atoms with E-state index >= 15 is 0 Å². The van der Waals surface area contributed by atoms with Crippen LogP contribution in [0.2, 0.25) is 0 Å². The highest BCUT2D eigenvalue weighted by Gasteiger charge is 2.15. The normalized spacial score (nSPS) is 11.2. The van der Waals surface area contributed by atoms with E-state index in [1.165, 1.54) is 16.9 Å². The first kappa shape index (κ1) is 19.3. The molecule has 2 N–H and O–H groups in total. The molecule has 0 saturated carbocycles. The van der Waals surface area contributed by atoms with Crippen LogP contribution in [0, 0.1) is 13.8 Å². The van der Waals surface area contributed by atoms with Gasteiger partial charge >= 0.3 is 0 Å². The minimum atomic E-state index is -0.255. The number of aromatic nitrogens is 3. The molecule has 0 fully saturated rings. The van der Waals surface area contributed by atoms with Crippen molar-refractivity contribution in [3.05, 3.63) is 82.8 Å². The number of hydrogen-bond acceptors (Lipinski definition) is 5. The number of hydrogen-bond donors (Lipinski definition) is 2. The molecule has 0 aliphatic heterocycles. The summed E-state index contributed by atoms with van der Waals surface area (Å²) < 4.78 is 6.92. The fourth-order valence-electron chi connectivity index (χ4n) is 3.43. The van der Waals surface area contributed by atoms with Crippen molar-refractivity contribution >= 4 is 38.4 Å². The average molecular weight is 429 g/mol. The molecule has 154 valence electrons. The third-order valence-electron chi connectivity index (χ3n) is 4.99. The molecule has 0 spiro atoms. The maximum Gasteiger partial charge on any atom is 0.270 e. The third kappa shape index (κ3) is 4.00. The van der Waals surface area contributed by atoms with Crippen molar-refractivity contribution in [2.45, 2.75) is 20.4 Å². The molecule has 0 unspecified atom stereocenters. The van der Waals surface area contributed by atoms with Crippen LogP contribution in [0.15, 0.2) is 60.1 Å². The van der Waals surface area contributed by atoms with Crippen LogP contribution in [0.1, 0.15) is 27.4 Å². The Morgan fingerprint density at radius 3 is 2.87 bits per heavy atom. The molecular formula is C24H20N4O2S. The Morgan fingerprint density at radius 1 is 1.13 bits per heavy atom. The van der Waals surface area contributed by atoms with Gasteiger partial charge in [-0.3, -0.25) is 9.78 Å². The van der Waals surface area contributed by atoms with E-state index in [9.17, 15) is 4.79 Å². The summed E-state index contributed by atoms with van der Waals surface area (Å²) in [4.78, 5) is 25.0. The standard InChI is InChI=1S/C24H20N4O2S/c1-14-3-6-19-16(9-14)10-17(27-19)12-26-24(29)21-11-22(23-20(28-21)7-8-31-23)30-18-5-4-15(2)25-13-18/h3-11,13,27H,12H2,1-2H3,(H,26,29). The average Bonchev–Trinajstić information content (AvgIpc) is 3.39. The van der Waals surface area contributed by atoms with Gasteiger partial charge in [-0.1, -0.05) is 11.6 Å². The van der Waals surface area contributed by atoms with Gasteiger partial charge in [-0.15, -0.1) is 11.3 Å². The number of nitrogens with zero attached hydrogens (tertiary/aromatic N) is 2. The van der Waals surface area contributed by atoms with Crippen molar-refractivity contribution in [2.24, 2.45) is 0 Å². The fourth-order valence-corrected chi connectivity index (χ4v) is 4.22. The Kier molecular flexibility index (Phi) is 4.88. The lowest BCUT2D eigenvalue weighted by Crippen LogP contribution is -2.24. The van der Waals surface area contributed by atoms with E-state index in [0.29, 0.717) is 23.7 Å². The summed E-state index contributed by atoms with van der Waals surface area (Å²) in [5.41, 5.74) is 5.15. The van der Waals surface area contributed by atoms with Crippen molar-refractivity contribution in [1.82, 2.24) is 20.3 Å². The summed E-state index contributed by atoms with van der Waals surface area (Å²) in [5, 5.41) is 6.01. The van der Waals surface area contributed by atoms with Crippen LogP contribution in [-0.2, 0) is 6.54 Å². The number of rotatable bonds is 5. The summed E-state index contributed by atoms with van der Waals surface area (Å²) in [6, 6.07) is 15.6. The van der Waals surface area contributed by atoms with Crippen molar-refractivity contribution < 1.29 is 9.53 Å². The van der Waals surface area contributed by atoms with Crippen LogP contribution in [0.3, 0.4) is 0 Å². The van der Waals surface area contributed by atoms with Crippen molar-refractivity contribution in [2.75, 3.05) is 0 Å². The molecule has 0 atom stereocenters. The molecule has 7 heteroatoms. The minimum Gasteiger partial charge on any atom is -0.454 e. The number of amides is 1. The van der Waals surface area contributed by atoms with E-state index in [1.807, 2.05) is 36.6 Å². The number of fused-ring (bicyclic) bond motifs is 2. The number of thiophene rings is 1. The molecule has 1 aromatic carbocycles. The second-order valence-electron chi connectivity index (χ2n) is 7.45. The molecule has 6 nitrogen and oxygen atoms in total. The van der Waals surface area contributed by atoms with Gasteiger partial charge in [-0.05, 0) is 61.0 Å². The zero-order chi connectivity index (χ0) is 21.4. The molecule has 0 saturated heterocycles. The van der Waals surface area contributed by atoms with Crippen LogP contribution < -0.4 is 10.1 Å². The maximum absolute atomic E-state index is 12.9. The lowest BCUT2D eigenvalue weighted by Gasteiger charge is -2.09. The second kappa shape index (κ2) is 7.85. The van der Waals surface area contributed by atoms with Crippen molar-refractivity contribution in [3.8, 4) is 11.5 Å². The van der Waals surface area contributed by atoms with E-state index < -0.39 is 0 Å². The van der Waals surface area contributed by atoms with E-state index in [0.717, 1.165) is 32.5 Å². The molecule has 0 radical (unpaired) electrons. The molecule has 5 aromatic rings. The Hall–Kier alpha value is -3.71. The van der Waals surface area contributed by atoms with Crippen molar-refractivity contribution in [1.29, 1.82) is 0 Å². The Bertz CT molecular complexity index is 1400. The summed E-state index contributed by atoms with van der Waals surface area (Å²) in [7, 11) is 0. The smallest absolute Gasteiger partial charge is 0.270 e. The lowest BCUT2D eigenvalue weighted by molar-refractivity contribution is 0.0945. The van der Waals surface area contributed by atoms with E-state index in [4.69, 9.17) is 4.74 Å². The zero-order valence-electron chi connectivity index (χ0n) is 17.1. The lowest BCUT2D eigenvalue weighted by atomic mass is 10.2. The summed E-state index contributed by atoms with van der Waals surface area (Å²) >= 11 is 1.53. The predicted octanol–water partition coefficient (Wildman–Crippen LogP) is 5.51. The number of pyridine rings is 2. The number of carbonyl (C=O) groups is 1. The van der Waals surface area contributed by atoms with Gasteiger partial charge in [0.2, 0.25) is 0 Å². The second-order valence-corrected chi connectivity index (χ2v) is 8.36. The molecule has 0 aliphatic rings. The largest absolute Gasteiger partial charge is 0.454 e. The first-order valence-electron chi connectivity index (χ1n) is 9.90. The maximum atomic E-state index is 12.9. The third-order valence-corrected chi connectivity index (χ3v) is 5.91. The zero-order valence-corrected chi connectivity index (χ0v) is 17.9. The molecule has 1 amide bonds. The van der Waals surface area contributed by atoms with Crippen LogP contribution >= 0.6 is 11.3 Å². The number of aromatic amines is 1. The summed E-state index contributed by atoms with van der Waals surface area (Å²) in [6.45, 7) is 4.37. The number of benzene rings is 1. The number of H-pyrrole nitrogens is 1. The topological polar surface area (TPSA) is 79.9 Å². The van der Waals surface area contributed by atoms with Gasteiger partial charge in [-0.2, -0.15) is 0 Å². The van der Waals surface area contributed by atoms with Crippen LogP contribution in [0.25, 0.3) is 21.1 Å². The molecule has 0 bridgehead atoms. The first-order valence-corrected chi connectivity index (χ1v) is 10.8. The SMILES string of the molecule is Cc1ccc2[nH]c(CNC(=O)c3cc(Oc4ccc(C)nc4)c4sccc4n3)cc2c1. The number of carbonyl (C=O) groups excluding carboxylic acids is 1. The van der Waals surface area contributed by atoms with Crippen LogP contribution in [0.4, 0.5) is 0 Å². The highest BCUT2D eigenvalue weighted by atomic mass is 32.1. The first-order chi connectivity index (χ1) is 15.0. The van der Waals surface area contributed by atoms with E-state index in [1.54, 1.807) is 12.3 Å². The highest BCUT2D eigenvalue weighted by molar-refractivity contribution is 7.17. The van der Waals surface area contributed by atoms with Gasteiger partial charge in [0.25, 0.3) is 5.91 Å². The highest BCUT2D eigenvalue weighted by Crippen LogP contribution is 2.33. The molecule has 4 heterocycles. The number of ether oxygens (including phenoxy) is 1. The van der Waals surface area contributed by atoms with E-state index in [2.05, 4.69) is 45.4 Å². The number of aryl methyl sites for hydroxylation is 2. The van der Waals surface area contributed by atoms with Gasteiger partial charge in [0.1, 0.15) is 17.2 Å².